The molecule has 3 N–H and O–H groups in total. The van der Waals surface area contributed by atoms with E-state index in [1.54, 1.807) is 0 Å². The number of hydrogen-bond acceptors (Lipinski definition) is 4. The van der Waals surface area contributed by atoms with Gasteiger partial charge in [-0.3, -0.25) is 5.73 Å². The minimum atomic E-state index is 0.282. The third-order valence-corrected chi connectivity index (χ3v) is 3.45. The van der Waals surface area contributed by atoms with Gasteiger partial charge in [0, 0.05) is 5.56 Å². The molecule has 0 unspecified atom stereocenters. The smallest absolute Gasteiger partial charge is 0.286 e. The van der Waals surface area contributed by atoms with E-state index in [9.17, 15) is 10.5 Å². The lowest BCUT2D eigenvalue weighted by Crippen LogP contribution is -2.18. The summed E-state index contributed by atoms with van der Waals surface area (Å²) in [5.74, 6) is 0.282. The molecule has 0 aliphatic rings. The largest absolute Gasteiger partial charge is 0.289 e. The molecule has 0 saturated carbocycles. The van der Waals surface area contributed by atoms with Crippen molar-refractivity contribution >= 4 is 17.6 Å². The molecule has 2 aromatic rings. The number of nitrogen functional groups attached to an aromatic ring is 1. The Bertz CT molecular complexity index is 696. The maximum absolute atomic E-state index is 9.37. The van der Waals surface area contributed by atoms with Crippen LogP contribution in [0.15, 0.2) is 35.4 Å². The fraction of sp³-hybridized carbons (Fsp3) is 0.0714. The Morgan fingerprint density at radius 1 is 1.11 bits per heavy atom. The topological polar surface area (TPSA) is 87.7 Å². The van der Waals surface area contributed by atoms with Crippen LogP contribution in [-0.2, 0) is 0 Å². The molecule has 0 fully saturated rings. The summed E-state index contributed by atoms with van der Waals surface area (Å²) in [6, 6.07) is 13.6. The molecular formula is C14H11N4S+. The first-order valence-electron chi connectivity index (χ1n) is 5.51. The van der Waals surface area contributed by atoms with Gasteiger partial charge in [0.2, 0.25) is 0 Å². The summed E-state index contributed by atoms with van der Waals surface area (Å²) < 4.78 is 0. The van der Waals surface area contributed by atoms with Crippen LogP contribution in [0.3, 0.4) is 0 Å². The molecule has 0 amide bonds. The molecule has 0 saturated heterocycles. The Morgan fingerprint density at radius 3 is 2.26 bits per heavy atom. The first kappa shape index (κ1) is 12.9. The van der Waals surface area contributed by atoms with Crippen LogP contribution in [0, 0.1) is 22.7 Å². The maximum atomic E-state index is 9.37. The summed E-state index contributed by atoms with van der Waals surface area (Å²) in [4.78, 5) is 2.90. The number of hydrogen-bond donors (Lipinski definition) is 1. The van der Waals surface area contributed by atoms with Gasteiger partial charge >= 0.3 is 0 Å². The third kappa shape index (κ3) is 2.24. The molecule has 0 aliphatic heterocycles. The Balaban J connectivity index is 2.88. The average molecular weight is 267 g/mol. The van der Waals surface area contributed by atoms with E-state index in [4.69, 9.17) is 5.73 Å². The number of aromatic amines is 1. The molecular weight excluding hydrogens is 256 g/mol. The summed E-state index contributed by atoms with van der Waals surface area (Å²) in [6.07, 6.45) is 1.85. The summed E-state index contributed by atoms with van der Waals surface area (Å²) in [5, 5.41) is 19.3. The summed E-state index contributed by atoms with van der Waals surface area (Å²) in [6.45, 7) is 0. The molecule has 1 aromatic carbocycles. The zero-order valence-corrected chi connectivity index (χ0v) is 11.1. The van der Waals surface area contributed by atoms with Crippen molar-refractivity contribution in [3.63, 3.8) is 0 Å². The standard InChI is InChI=1S/C14H10N4S/c1-19-14-11(8-16)12(9-5-3-2-4-6-9)10(7-15)13(17)18-14/h2-6H,1H3,(H2,17,18)/p+1. The Morgan fingerprint density at radius 2 is 1.74 bits per heavy atom. The van der Waals surface area contributed by atoms with E-state index in [2.05, 4.69) is 17.1 Å². The second kappa shape index (κ2) is 5.43. The highest BCUT2D eigenvalue weighted by Gasteiger charge is 2.22. The second-order valence-corrected chi connectivity index (χ2v) is 4.60. The summed E-state index contributed by atoms with van der Waals surface area (Å²) in [7, 11) is 0. The van der Waals surface area contributed by atoms with Crippen LogP contribution < -0.4 is 10.7 Å². The van der Waals surface area contributed by atoms with Crippen LogP contribution in [0.2, 0.25) is 0 Å². The Kier molecular flexibility index (Phi) is 3.70. The first-order chi connectivity index (χ1) is 9.22. The second-order valence-electron chi connectivity index (χ2n) is 3.79. The van der Waals surface area contributed by atoms with E-state index in [0.29, 0.717) is 21.7 Å². The van der Waals surface area contributed by atoms with Crippen molar-refractivity contribution < 1.29 is 4.98 Å². The van der Waals surface area contributed by atoms with Gasteiger partial charge in [-0.1, -0.05) is 42.1 Å². The van der Waals surface area contributed by atoms with Crippen molar-refractivity contribution in [2.75, 3.05) is 12.0 Å². The van der Waals surface area contributed by atoms with Crippen molar-refractivity contribution in [2.24, 2.45) is 0 Å². The molecule has 5 heteroatoms. The van der Waals surface area contributed by atoms with Gasteiger partial charge < -0.3 is 0 Å². The normalized spacial score (nSPS) is 9.63. The number of aromatic nitrogens is 1. The number of rotatable bonds is 2. The van der Waals surface area contributed by atoms with Gasteiger partial charge in [0.05, 0.1) is 0 Å². The molecule has 0 radical (unpaired) electrons. The number of anilines is 1. The van der Waals surface area contributed by atoms with Gasteiger partial charge in [0.1, 0.15) is 23.3 Å². The SMILES string of the molecule is CSc1[nH+]c(N)c(C#N)c(-c2ccccc2)c1C#N. The lowest BCUT2D eigenvalue weighted by molar-refractivity contribution is -0.410. The molecule has 92 valence electrons. The third-order valence-electron chi connectivity index (χ3n) is 2.73. The average Bonchev–Trinajstić information content (AvgIpc) is 2.46. The van der Waals surface area contributed by atoms with Gasteiger partial charge in [-0.2, -0.15) is 10.5 Å². The number of nitrogens with zero attached hydrogens (tertiary/aromatic N) is 2. The van der Waals surface area contributed by atoms with Crippen molar-refractivity contribution in [3.05, 3.63) is 41.5 Å². The molecule has 19 heavy (non-hydrogen) atoms. The van der Waals surface area contributed by atoms with Crippen molar-refractivity contribution in [1.82, 2.24) is 0 Å². The van der Waals surface area contributed by atoms with Crippen LogP contribution in [0.5, 0.6) is 0 Å². The van der Waals surface area contributed by atoms with Crippen LogP contribution in [-0.4, -0.2) is 6.26 Å². The maximum Gasteiger partial charge on any atom is 0.289 e. The summed E-state index contributed by atoms with van der Waals surface area (Å²) in [5.41, 5.74) is 8.02. The zero-order valence-electron chi connectivity index (χ0n) is 10.3. The first-order valence-corrected chi connectivity index (χ1v) is 6.73. The lowest BCUT2D eigenvalue weighted by atomic mass is 9.97. The van der Waals surface area contributed by atoms with Crippen molar-refractivity contribution in [1.29, 1.82) is 10.5 Å². The van der Waals surface area contributed by atoms with E-state index in [1.807, 2.05) is 36.6 Å². The molecule has 4 nitrogen and oxygen atoms in total. The predicted octanol–water partition coefficient (Wildman–Crippen LogP) is 2.22. The van der Waals surface area contributed by atoms with Crippen LogP contribution in [0.1, 0.15) is 11.1 Å². The molecule has 0 aliphatic carbocycles. The number of nitriles is 2. The number of nitrogens with one attached hydrogen (secondary N) is 1. The fourth-order valence-electron chi connectivity index (χ4n) is 1.89. The van der Waals surface area contributed by atoms with E-state index >= 15 is 0 Å². The van der Waals surface area contributed by atoms with Crippen LogP contribution in [0.25, 0.3) is 11.1 Å². The van der Waals surface area contributed by atoms with Crippen molar-refractivity contribution in [2.45, 2.75) is 5.03 Å². The quantitative estimate of drug-likeness (QED) is 0.845. The van der Waals surface area contributed by atoms with Gasteiger partial charge in [-0.25, -0.2) is 4.98 Å². The fourth-order valence-corrected chi connectivity index (χ4v) is 2.45. The lowest BCUT2D eigenvalue weighted by Gasteiger charge is -2.08. The number of pyridine rings is 1. The molecule has 0 spiro atoms. The van der Waals surface area contributed by atoms with Crippen molar-refractivity contribution in [3.8, 4) is 23.3 Å². The predicted molar refractivity (Wildman–Crippen MR) is 74.1 cm³/mol. The highest BCUT2D eigenvalue weighted by atomic mass is 32.2. The summed E-state index contributed by atoms with van der Waals surface area (Å²) >= 11 is 1.39. The Labute approximate surface area is 115 Å². The molecule has 1 aromatic heterocycles. The number of benzene rings is 1. The molecule has 0 atom stereocenters. The zero-order chi connectivity index (χ0) is 13.8. The Hall–Kier alpha value is -2.50. The minimum absolute atomic E-state index is 0.282. The van der Waals surface area contributed by atoms with Gasteiger partial charge in [0.25, 0.3) is 5.82 Å². The van der Waals surface area contributed by atoms with Crippen LogP contribution in [0.4, 0.5) is 5.82 Å². The van der Waals surface area contributed by atoms with E-state index < -0.39 is 0 Å². The highest BCUT2D eigenvalue weighted by molar-refractivity contribution is 7.98. The van der Waals surface area contributed by atoms with Crippen LogP contribution >= 0.6 is 11.8 Å². The molecule has 0 bridgehead atoms. The van der Waals surface area contributed by atoms with E-state index in [0.717, 1.165) is 5.56 Å². The minimum Gasteiger partial charge on any atom is -0.286 e. The van der Waals surface area contributed by atoms with E-state index in [1.165, 1.54) is 11.8 Å². The monoisotopic (exact) mass is 267 g/mol. The molecule has 1 heterocycles. The van der Waals surface area contributed by atoms with Gasteiger partial charge in [0.15, 0.2) is 5.03 Å². The van der Waals surface area contributed by atoms with Gasteiger partial charge in [-0.15, -0.1) is 0 Å². The highest BCUT2D eigenvalue weighted by Crippen LogP contribution is 2.32. The number of H-pyrrole nitrogens is 1. The number of nitrogens with two attached hydrogens (primary N) is 1. The molecule has 2 rings (SSSR count). The number of thioether (sulfide) groups is 1. The van der Waals surface area contributed by atoms with Gasteiger partial charge in [-0.05, 0) is 11.8 Å². The van der Waals surface area contributed by atoms with E-state index in [-0.39, 0.29) is 5.82 Å².